The van der Waals surface area contributed by atoms with Gasteiger partial charge in [0.25, 0.3) is 0 Å². The molecular formula is C55H38N2O. The summed E-state index contributed by atoms with van der Waals surface area (Å²) in [5.74, 6) is 0.681. The molecule has 0 atom stereocenters. The molecule has 3 nitrogen and oxygen atoms in total. The molecule has 0 radical (unpaired) electrons. The fourth-order valence-corrected chi connectivity index (χ4v) is 9.00. The molecule has 2 heterocycles. The van der Waals surface area contributed by atoms with Crippen LogP contribution in [0.3, 0.4) is 0 Å². The third-order valence-electron chi connectivity index (χ3n) is 11.9. The van der Waals surface area contributed by atoms with Crippen molar-refractivity contribution in [3.63, 3.8) is 0 Å². The van der Waals surface area contributed by atoms with Crippen molar-refractivity contribution >= 4 is 21.9 Å². The van der Waals surface area contributed by atoms with Gasteiger partial charge in [0.2, 0.25) is 0 Å². The van der Waals surface area contributed by atoms with Crippen LogP contribution in [0.5, 0.6) is 0 Å². The standard InChI is InChI=1S/C55H38N2O/c1-55(2)47-27-11-9-23-46(47)52-42(24-15-28-48(52)55)37-20-13-21-38(30-37)49-34-50(57-54(56-49)36-18-7-4-8-19-36)41-32-39(35-16-5-3-6-17-35)31-40(33-41)43-25-14-26-45-44-22-10-12-29-51(44)58-53(43)45/h3-34H,1-2H3. The minimum Gasteiger partial charge on any atom is -0.455 e. The lowest BCUT2D eigenvalue weighted by molar-refractivity contribution is 0.660. The van der Waals surface area contributed by atoms with E-state index in [9.17, 15) is 0 Å². The Morgan fingerprint density at radius 3 is 1.78 bits per heavy atom. The van der Waals surface area contributed by atoms with Gasteiger partial charge in [-0.1, -0.05) is 172 Å². The van der Waals surface area contributed by atoms with E-state index in [2.05, 4.69) is 178 Å². The van der Waals surface area contributed by atoms with E-state index >= 15 is 0 Å². The summed E-state index contributed by atoms with van der Waals surface area (Å²) in [6.45, 7) is 4.67. The molecule has 0 spiro atoms. The van der Waals surface area contributed by atoms with Crippen LogP contribution in [-0.4, -0.2) is 9.97 Å². The second-order valence-electron chi connectivity index (χ2n) is 15.8. The van der Waals surface area contributed by atoms with Crippen molar-refractivity contribution in [2.75, 3.05) is 0 Å². The second kappa shape index (κ2) is 13.4. The second-order valence-corrected chi connectivity index (χ2v) is 15.8. The normalized spacial score (nSPS) is 12.8. The zero-order chi connectivity index (χ0) is 38.8. The Hall–Kier alpha value is -7.36. The molecule has 0 saturated heterocycles. The quantitative estimate of drug-likeness (QED) is 0.170. The van der Waals surface area contributed by atoms with Crippen molar-refractivity contribution in [1.82, 2.24) is 9.97 Å². The fourth-order valence-electron chi connectivity index (χ4n) is 9.00. The topological polar surface area (TPSA) is 38.9 Å². The van der Waals surface area contributed by atoms with Crippen molar-refractivity contribution in [1.29, 1.82) is 0 Å². The van der Waals surface area contributed by atoms with E-state index in [0.717, 1.165) is 77.8 Å². The first-order valence-corrected chi connectivity index (χ1v) is 19.9. The monoisotopic (exact) mass is 742 g/mol. The Morgan fingerprint density at radius 1 is 0.379 bits per heavy atom. The first kappa shape index (κ1) is 33.9. The lowest BCUT2D eigenvalue weighted by Crippen LogP contribution is -2.14. The summed E-state index contributed by atoms with van der Waals surface area (Å²) in [5.41, 5.74) is 18.5. The van der Waals surface area contributed by atoms with Crippen LogP contribution in [0, 0.1) is 0 Å². The van der Waals surface area contributed by atoms with Crippen molar-refractivity contribution in [2.24, 2.45) is 0 Å². The Kier molecular flexibility index (Phi) is 7.84. The Morgan fingerprint density at radius 2 is 0.931 bits per heavy atom. The molecule has 274 valence electrons. The Bertz CT molecular complexity index is 3190. The molecule has 0 N–H and O–H groups in total. The van der Waals surface area contributed by atoms with Crippen LogP contribution in [0.4, 0.5) is 0 Å². The van der Waals surface area contributed by atoms with Gasteiger partial charge < -0.3 is 4.42 Å². The highest BCUT2D eigenvalue weighted by Crippen LogP contribution is 2.52. The van der Waals surface area contributed by atoms with Gasteiger partial charge in [-0.3, -0.25) is 0 Å². The first-order chi connectivity index (χ1) is 28.5. The molecule has 0 unspecified atom stereocenters. The van der Waals surface area contributed by atoms with Crippen LogP contribution in [-0.2, 0) is 5.41 Å². The van der Waals surface area contributed by atoms with Crippen LogP contribution in [0.1, 0.15) is 25.0 Å². The average molecular weight is 743 g/mol. The summed E-state index contributed by atoms with van der Waals surface area (Å²) >= 11 is 0. The van der Waals surface area contributed by atoms with E-state index in [-0.39, 0.29) is 5.41 Å². The highest BCUT2D eigenvalue weighted by Gasteiger charge is 2.36. The average Bonchev–Trinajstić information content (AvgIpc) is 3.79. The third-order valence-corrected chi connectivity index (χ3v) is 11.9. The molecule has 3 heteroatoms. The maximum atomic E-state index is 6.56. The van der Waals surface area contributed by atoms with E-state index in [1.165, 1.54) is 27.8 Å². The number of rotatable bonds is 6. The molecule has 58 heavy (non-hydrogen) atoms. The Balaban J connectivity index is 1.11. The highest BCUT2D eigenvalue weighted by atomic mass is 16.3. The fraction of sp³-hybridized carbons (Fsp3) is 0.0545. The van der Waals surface area contributed by atoms with Crippen LogP contribution < -0.4 is 0 Å². The molecular weight excluding hydrogens is 705 g/mol. The number of aromatic nitrogens is 2. The van der Waals surface area contributed by atoms with Crippen LogP contribution >= 0.6 is 0 Å². The van der Waals surface area contributed by atoms with Crippen LogP contribution in [0.2, 0.25) is 0 Å². The van der Waals surface area contributed by atoms with E-state index in [4.69, 9.17) is 14.4 Å². The predicted octanol–water partition coefficient (Wildman–Crippen LogP) is 14.7. The number of hydrogen-bond donors (Lipinski definition) is 0. The molecule has 0 amide bonds. The molecule has 1 aliphatic carbocycles. The first-order valence-electron chi connectivity index (χ1n) is 19.9. The zero-order valence-electron chi connectivity index (χ0n) is 32.3. The molecule has 11 rings (SSSR count). The van der Waals surface area contributed by atoms with Crippen molar-refractivity contribution in [3.05, 3.63) is 205 Å². The van der Waals surface area contributed by atoms with Crippen LogP contribution in [0.25, 0.3) is 100 Å². The van der Waals surface area contributed by atoms with E-state index < -0.39 is 0 Å². The lowest BCUT2D eigenvalue weighted by Gasteiger charge is -2.21. The van der Waals surface area contributed by atoms with Crippen molar-refractivity contribution in [3.8, 4) is 78.4 Å². The molecule has 2 aromatic heterocycles. The molecule has 0 aliphatic heterocycles. The molecule has 0 saturated carbocycles. The smallest absolute Gasteiger partial charge is 0.160 e. The number of furan rings is 1. The van der Waals surface area contributed by atoms with Gasteiger partial charge in [-0.25, -0.2) is 9.97 Å². The molecule has 0 fully saturated rings. The minimum absolute atomic E-state index is 0.0746. The van der Waals surface area contributed by atoms with Gasteiger partial charge >= 0.3 is 0 Å². The van der Waals surface area contributed by atoms with Crippen molar-refractivity contribution in [2.45, 2.75) is 19.3 Å². The van der Waals surface area contributed by atoms with Crippen molar-refractivity contribution < 1.29 is 4.42 Å². The third kappa shape index (κ3) is 5.58. The van der Waals surface area contributed by atoms with E-state index in [1.54, 1.807) is 0 Å². The van der Waals surface area contributed by atoms with Gasteiger partial charge in [-0.05, 0) is 86.5 Å². The lowest BCUT2D eigenvalue weighted by atomic mass is 9.82. The van der Waals surface area contributed by atoms with E-state index in [1.807, 2.05) is 30.3 Å². The van der Waals surface area contributed by atoms with Gasteiger partial charge in [0.1, 0.15) is 11.2 Å². The molecule has 1 aliphatic rings. The van der Waals surface area contributed by atoms with Gasteiger partial charge in [0.05, 0.1) is 11.4 Å². The maximum Gasteiger partial charge on any atom is 0.160 e. The largest absolute Gasteiger partial charge is 0.455 e. The Labute approximate surface area is 338 Å². The van der Waals surface area contributed by atoms with Gasteiger partial charge in [0, 0.05) is 38.4 Å². The summed E-state index contributed by atoms with van der Waals surface area (Å²) in [6.07, 6.45) is 0. The number of nitrogens with zero attached hydrogens (tertiary/aromatic N) is 2. The summed E-state index contributed by atoms with van der Waals surface area (Å²) < 4.78 is 6.56. The predicted molar refractivity (Wildman–Crippen MR) is 239 cm³/mol. The summed E-state index contributed by atoms with van der Waals surface area (Å²) in [4.78, 5) is 10.6. The summed E-state index contributed by atoms with van der Waals surface area (Å²) in [6, 6.07) is 68.9. The summed E-state index contributed by atoms with van der Waals surface area (Å²) in [5, 5.41) is 2.22. The SMILES string of the molecule is CC1(C)c2ccccc2-c2c(-c3cccc(-c4cc(-c5cc(-c6ccccc6)cc(-c6cccc7c6oc6ccccc67)c5)nc(-c5ccccc5)n4)c3)cccc21. The maximum absolute atomic E-state index is 6.56. The molecule has 8 aromatic carbocycles. The molecule has 10 aromatic rings. The zero-order valence-corrected chi connectivity index (χ0v) is 32.3. The van der Waals surface area contributed by atoms with Gasteiger partial charge in [-0.15, -0.1) is 0 Å². The molecule has 0 bridgehead atoms. The summed E-state index contributed by atoms with van der Waals surface area (Å²) in [7, 11) is 0. The van der Waals surface area contributed by atoms with Gasteiger partial charge in [-0.2, -0.15) is 0 Å². The van der Waals surface area contributed by atoms with Crippen LogP contribution in [0.15, 0.2) is 199 Å². The number of benzene rings is 8. The highest BCUT2D eigenvalue weighted by molar-refractivity contribution is 6.10. The van der Waals surface area contributed by atoms with Gasteiger partial charge in [0.15, 0.2) is 5.82 Å². The number of hydrogen-bond acceptors (Lipinski definition) is 3. The number of para-hydroxylation sites is 2. The van der Waals surface area contributed by atoms with E-state index in [0.29, 0.717) is 5.82 Å². The minimum atomic E-state index is -0.0746. The number of fused-ring (bicyclic) bond motifs is 6.